The number of hydrogen-bond acceptors (Lipinski definition) is 0. The predicted molar refractivity (Wildman–Crippen MR) is 96.4 cm³/mol. The van der Waals surface area contributed by atoms with Gasteiger partial charge in [-0.15, -0.1) is 0 Å². The molecule has 0 saturated carbocycles. The second-order valence-corrected chi connectivity index (χ2v) is 5.57. The van der Waals surface area contributed by atoms with Crippen LogP contribution in [0.25, 0.3) is 0 Å². The van der Waals surface area contributed by atoms with Crippen LogP contribution in [0, 0.1) is 0 Å². The number of ketones is 6. The lowest BCUT2D eigenvalue weighted by molar-refractivity contribution is -0.0663. The number of halogens is 9. The Morgan fingerprint density at radius 2 is 0.581 bits per heavy atom. The maximum atomic E-state index is 11.4. The van der Waals surface area contributed by atoms with Crippen molar-refractivity contribution >= 4 is 52.1 Å². The largest absolute Gasteiger partial charge is 0.505 e. The normalized spacial score (nSPS) is 10.8. The van der Waals surface area contributed by atoms with E-state index < -0.39 is 72.5 Å². The van der Waals surface area contributed by atoms with Crippen molar-refractivity contribution in [1.29, 1.82) is 0 Å². The lowest BCUT2D eigenvalue weighted by atomic mass is 10.2. The van der Waals surface area contributed by atoms with Crippen molar-refractivity contribution in [2.75, 3.05) is 0 Å². The lowest BCUT2D eigenvalue weighted by Gasteiger charge is -1.93. The Kier molecular flexibility index (Phi) is 17.4. The van der Waals surface area contributed by atoms with Crippen molar-refractivity contribution in [3.05, 3.63) is 0 Å². The Balaban J connectivity index is -0.000000174. The molecule has 16 heteroatoms. The Hall–Kier alpha value is -2.08. The monoisotopic (exact) mass is 495 g/mol. The van der Waals surface area contributed by atoms with E-state index in [9.17, 15) is 39.5 Å². The van der Waals surface area contributed by atoms with E-state index in [1.807, 2.05) is 0 Å². The zero-order valence-corrected chi connectivity index (χ0v) is 17.4. The fourth-order valence-corrected chi connectivity index (χ4v) is 1.03. The van der Waals surface area contributed by atoms with E-state index in [2.05, 4.69) is 0 Å². The number of carbonyl (C=O) groups excluding carboxylic acids is 6. The molecule has 31 heavy (non-hydrogen) atoms. The Morgan fingerprint density at radius 1 is 0.452 bits per heavy atom. The Bertz CT molecular complexity index is 573. The molecule has 6 N–H and O–H groups in total. The molecule has 0 aromatic carbocycles. The summed E-state index contributed by atoms with van der Waals surface area (Å²) in [5.74, 6) is -6.41. The summed E-state index contributed by atoms with van der Waals surface area (Å²) in [6.45, 7) is 3.26. The second-order valence-electron chi connectivity index (χ2n) is 5.57. The summed E-state index contributed by atoms with van der Waals surface area (Å²) in [6, 6.07) is 0. The number of rotatable bonds is 6. The first-order valence-corrected chi connectivity index (χ1v) is 7.41. The first kappa shape index (κ1) is 36.3. The van der Waals surface area contributed by atoms with Crippen LogP contribution < -0.4 is 0 Å². The fourth-order valence-electron chi connectivity index (χ4n) is 1.03. The molecule has 0 aliphatic rings. The first-order chi connectivity index (χ1) is 13.0. The minimum absolute atomic E-state index is 0. The molecule has 0 heterocycles. The van der Waals surface area contributed by atoms with Crippen LogP contribution in [0.1, 0.15) is 40.0 Å². The molecule has 0 atom stereocenters. The number of alkyl halides is 9. The highest BCUT2D eigenvalue weighted by Crippen LogP contribution is 2.18. The van der Waals surface area contributed by atoms with Crippen molar-refractivity contribution in [3.63, 3.8) is 0 Å². The molecule has 6 nitrogen and oxygen atoms in total. The van der Waals surface area contributed by atoms with E-state index in [0.29, 0.717) is 0 Å². The first-order valence-electron chi connectivity index (χ1n) is 7.41. The van der Waals surface area contributed by atoms with E-state index in [0.717, 1.165) is 20.8 Å². The third kappa shape index (κ3) is 24.1. The average molecular weight is 495 g/mol. The predicted octanol–water partition coefficient (Wildman–Crippen LogP) is 2.76. The molecule has 3 radical (unpaired) electrons. The fraction of sp³-hybridized carbons (Fsp3) is 0.600. The second kappa shape index (κ2) is 14.8. The molecule has 0 bridgehead atoms. The SMILES string of the molecule is CC(=[OH+])CC(=[OH+])C(F)(F)F.CC(=[OH+])CC(=[OH+])C(F)(F)F.CC(=[OH+])CC(=[OH+])C(F)(F)F.[Al]. The zero-order valence-electron chi connectivity index (χ0n) is 16.3. The molecule has 0 saturated heterocycles. The topological polar surface area (TPSA) is 128 Å². The van der Waals surface area contributed by atoms with Gasteiger partial charge in [-0.1, -0.05) is 0 Å². The van der Waals surface area contributed by atoms with Crippen molar-refractivity contribution in [2.45, 2.75) is 58.6 Å². The van der Waals surface area contributed by atoms with Crippen LogP contribution in [0.5, 0.6) is 0 Å². The zero-order chi connectivity index (χ0) is 25.1. The molecule has 0 aromatic heterocycles. The van der Waals surface area contributed by atoms with Gasteiger partial charge in [0.1, 0.15) is 0 Å². The quantitative estimate of drug-likeness (QED) is 0.233. The van der Waals surface area contributed by atoms with Crippen molar-refractivity contribution < 1.29 is 68.3 Å². The lowest BCUT2D eigenvalue weighted by Crippen LogP contribution is -2.24. The van der Waals surface area contributed by atoms with Crippen molar-refractivity contribution in [3.8, 4) is 0 Å². The van der Waals surface area contributed by atoms with Crippen LogP contribution >= 0.6 is 0 Å². The van der Waals surface area contributed by atoms with Gasteiger partial charge in [-0.05, 0) is 0 Å². The molecule has 0 amide bonds. The minimum Gasteiger partial charge on any atom is -0.283 e. The average Bonchev–Trinajstić information content (AvgIpc) is 2.43. The van der Waals surface area contributed by atoms with Crippen LogP contribution in [-0.2, 0) is 0 Å². The number of hydrogen-bond donors (Lipinski definition) is 0. The van der Waals surface area contributed by atoms with Crippen molar-refractivity contribution in [2.24, 2.45) is 0 Å². The molecule has 0 aliphatic heterocycles. The molecule has 0 spiro atoms. The summed E-state index contributed by atoms with van der Waals surface area (Å²) in [5.41, 5.74) is 0. The van der Waals surface area contributed by atoms with Gasteiger partial charge in [0, 0.05) is 38.1 Å². The van der Waals surface area contributed by atoms with Crippen LogP contribution in [0.15, 0.2) is 0 Å². The summed E-state index contributed by atoms with van der Waals surface area (Å²) in [7, 11) is 0. The van der Waals surface area contributed by atoms with Gasteiger partial charge in [0.05, 0.1) is 0 Å². The van der Waals surface area contributed by atoms with E-state index in [1.165, 1.54) is 0 Å². The van der Waals surface area contributed by atoms with Crippen LogP contribution in [-0.4, -0.2) is 99.4 Å². The summed E-state index contributed by atoms with van der Waals surface area (Å²) in [5, 5.41) is 0. The molecule has 177 valence electrons. The highest BCUT2D eigenvalue weighted by Gasteiger charge is 2.47. The third-order valence-electron chi connectivity index (χ3n) is 2.25. The molecule has 0 aromatic rings. The molecule has 0 rings (SSSR count). The smallest absolute Gasteiger partial charge is 0.283 e. The van der Waals surface area contributed by atoms with Crippen LogP contribution in [0.3, 0.4) is 0 Å². The van der Waals surface area contributed by atoms with Gasteiger partial charge in [0.2, 0.25) is 0 Å². The van der Waals surface area contributed by atoms with Gasteiger partial charge in [-0.3, -0.25) is 28.8 Å². The summed E-state index contributed by atoms with van der Waals surface area (Å²) in [4.78, 5) is 49.5. The van der Waals surface area contributed by atoms with Gasteiger partial charge >= 0.3 is 53.2 Å². The van der Waals surface area contributed by atoms with Gasteiger partial charge in [-0.25, -0.2) is 0 Å². The highest BCUT2D eigenvalue weighted by atomic mass is 27.0. The Labute approximate surface area is 179 Å². The molecule has 0 fully saturated rings. The van der Waals surface area contributed by atoms with E-state index in [1.54, 1.807) is 0 Å². The third-order valence-corrected chi connectivity index (χ3v) is 2.25. The maximum absolute atomic E-state index is 11.4. The summed E-state index contributed by atoms with van der Waals surface area (Å²) >= 11 is 0. The minimum atomic E-state index is -4.72. The van der Waals surface area contributed by atoms with Gasteiger partial charge < -0.3 is 0 Å². The van der Waals surface area contributed by atoms with Crippen molar-refractivity contribution in [1.82, 2.24) is 0 Å². The highest BCUT2D eigenvalue weighted by molar-refractivity contribution is 6.02. The van der Waals surface area contributed by atoms with E-state index in [4.69, 9.17) is 28.8 Å². The van der Waals surface area contributed by atoms with Gasteiger partial charge in [-0.2, -0.15) is 39.5 Å². The van der Waals surface area contributed by atoms with Gasteiger partial charge in [0.15, 0.2) is 19.3 Å². The summed E-state index contributed by atoms with van der Waals surface area (Å²) < 4.78 is 103. The maximum Gasteiger partial charge on any atom is 0.505 e. The van der Waals surface area contributed by atoms with Crippen LogP contribution in [0.4, 0.5) is 39.5 Å². The summed E-state index contributed by atoms with van der Waals surface area (Å²) in [6.07, 6.45) is -16.6. The molecular formula is C15H21AlF9O6+6. The van der Waals surface area contributed by atoms with Gasteiger partial charge in [0.25, 0.3) is 0 Å². The molecular weight excluding hydrogens is 474 g/mol. The standard InChI is InChI=1S/3C5H5F3O2.Al/c3*1-3(9)2-4(10)5(6,7)8;/h3*2H2,1H3;/p+6. The van der Waals surface area contributed by atoms with Crippen LogP contribution in [0.2, 0.25) is 0 Å². The van der Waals surface area contributed by atoms with E-state index >= 15 is 0 Å². The molecule has 0 aliphatic carbocycles. The Morgan fingerprint density at radius 3 is 0.613 bits per heavy atom. The molecule has 0 unspecified atom stereocenters. The van der Waals surface area contributed by atoms with E-state index in [-0.39, 0.29) is 17.4 Å².